The van der Waals surface area contributed by atoms with Gasteiger partial charge in [-0.1, -0.05) is 48.9 Å². The topological polar surface area (TPSA) is 77.2 Å². The van der Waals surface area contributed by atoms with Crippen molar-refractivity contribution in [1.82, 2.24) is 14.8 Å². The van der Waals surface area contributed by atoms with E-state index in [4.69, 9.17) is 19.9 Å². The van der Waals surface area contributed by atoms with Gasteiger partial charge in [0, 0.05) is 28.9 Å². The molecule has 1 N–H and O–H groups in total. The number of methoxy groups -OCH3 is 1. The van der Waals surface area contributed by atoms with Crippen LogP contribution >= 0.6 is 11.3 Å². The number of thiazole rings is 1. The highest BCUT2D eigenvalue weighted by Gasteiger charge is 2.22. The lowest BCUT2D eigenvalue weighted by atomic mass is 10.1. The zero-order chi connectivity index (χ0) is 22.8. The third-order valence-corrected chi connectivity index (χ3v) is 6.68. The first-order valence-electron chi connectivity index (χ1n) is 10.7. The molecule has 0 aliphatic rings. The van der Waals surface area contributed by atoms with Gasteiger partial charge in [-0.25, -0.2) is 9.67 Å². The molecule has 7 heteroatoms. The zero-order valence-corrected chi connectivity index (χ0v) is 19.6. The number of aliphatic hydroxyl groups is 1. The van der Waals surface area contributed by atoms with Gasteiger partial charge in [-0.05, 0) is 43.5 Å². The fourth-order valence-corrected chi connectivity index (χ4v) is 4.78. The van der Waals surface area contributed by atoms with Crippen LogP contribution in [-0.4, -0.2) is 39.4 Å². The van der Waals surface area contributed by atoms with Gasteiger partial charge in [-0.15, -0.1) is 0 Å². The van der Waals surface area contributed by atoms with Crippen molar-refractivity contribution >= 4 is 28.0 Å². The first-order chi connectivity index (χ1) is 15.4. The van der Waals surface area contributed by atoms with Gasteiger partial charge >= 0.3 is 0 Å². The highest BCUT2D eigenvalue weighted by atomic mass is 32.1. The molecule has 4 aromatic rings. The number of carbonyl (C=O) groups is 1. The maximum atomic E-state index is 12.8. The summed E-state index contributed by atoms with van der Waals surface area (Å²) >= 11 is 1.59. The molecule has 0 aliphatic carbocycles. The summed E-state index contributed by atoms with van der Waals surface area (Å²) in [4.78, 5) is 18.9. The molecule has 0 saturated heterocycles. The molecule has 0 saturated carbocycles. The van der Waals surface area contributed by atoms with E-state index < -0.39 is 0 Å². The Bertz CT molecular complexity index is 1270. The van der Waals surface area contributed by atoms with Gasteiger partial charge in [0.05, 0.1) is 18.3 Å². The van der Waals surface area contributed by atoms with Crippen LogP contribution in [0.4, 0.5) is 0 Å². The molecule has 6 nitrogen and oxygen atoms in total. The Hall–Kier alpha value is -3.03. The van der Waals surface area contributed by atoms with E-state index in [1.54, 1.807) is 23.1 Å². The molecule has 0 atom stereocenters. The summed E-state index contributed by atoms with van der Waals surface area (Å²) in [6, 6.07) is 13.9. The van der Waals surface area contributed by atoms with Crippen LogP contribution in [0.2, 0.25) is 0 Å². The monoisotopic (exact) mass is 449 g/mol. The number of nitrogens with zero attached hydrogens (tertiary/aromatic N) is 3. The number of carbonyl (C=O) groups excluding carboxylic acids is 1. The summed E-state index contributed by atoms with van der Waals surface area (Å²) < 4.78 is 7.18. The standard InChI is InChI=1S/C25H27N3O3S/c1-15(2)24-22(17-7-5-8-18(14-17)31-4)26-25(32-24)28-20-11-10-16(3)13-19(20)23(27-28)21(30)9-6-12-29/h5,7-8,10-11,13-15,29H,6,9,12H2,1-4H3. The zero-order valence-electron chi connectivity index (χ0n) is 18.8. The number of ketones is 1. The molecule has 0 aliphatic heterocycles. The van der Waals surface area contributed by atoms with Gasteiger partial charge in [-0.2, -0.15) is 5.10 Å². The van der Waals surface area contributed by atoms with E-state index in [0.29, 0.717) is 12.1 Å². The molecule has 0 unspecified atom stereocenters. The SMILES string of the molecule is COc1cccc(-c2nc(-n3nc(C(=O)CCCO)c4cc(C)ccc43)sc2C(C)C)c1. The van der Waals surface area contributed by atoms with Gasteiger partial charge in [0.25, 0.3) is 0 Å². The molecule has 2 aromatic heterocycles. The van der Waals surface area contributed by atoms with E-state index in [1.165, 1.54) is 0 Å². The number of aliphatic hydroxyl groups excluding tert-OH is 1. The Morgan fingerprint density at radius 3 is 2.75 bits per heavy atom. The molecule has 0 fully saturated rings. The number of hydrogen-bond donors (Lipinski definition) is 1. The second-order valence-corrected chi connectivity index (χ2v) is 9.14. The van der Waals surface area contributed by atoms with Gasteiger partial charge in [0.1, 0.15) is 11.4 Å². The minimum atomic E-state index is -0.0675. The van der Waals surface area contributed by atoms with Crippen molar-refractivity contribution in [2.45, 2.75) is 39.5 Å². The van der Waals surface area contributed by atoms with E-state index >= 15 is 0 Å². The Morgan fingerprint density at radius 2 is 2.03 bits per heavy atom. The second-order valence-electron chi connectivity index (χ2n) is 8.13. The normalized spacial score (nSPS) is 11.4. The number of benzene rings is 2. The van der Waals surface area contributed by atoms with Crippen LogP contribution in [0.1, 0.15) is 53.5 Å². The summed E-state index contributed by atoms with van der Waals surface area (Å²) in [5, 5.41) is 15.4. The Balaban J connectivity index is 1.88. The highest BCUT2D eigenvalue weighted by molar-refractivity contribution is 7.14. The number of aryl methyl sites for hydroxylation is 1. The van der Waals surface area contributed by atoms with Crippen LogP contribution in [-0.2, 0) is 0 Å². The van der Waals surface area contributed by atoms with Crippen LogP contribution in [0.25, 0.3) is 27.3 Å². The Labute approximate surface area is 191 Å². The summed E-state index contributed by atoms with van der Waals surface area (Å²) in [5.41, 5.74) is 4.24. The third kappa shape index (κ3) is 4.18. The lowest BCUT2D eigenvalue weighted by molar-refractivity contribution is 0.0967. The summed E-state index contributed by atoms with van der Waals surface area (Å²) in [6.07, 6.45) is 0.689. The molecule has 4 rings (SSSR count). The Kier molecular flexibility index (Phi) is 6.39. The third-order valence-electron chi connectivity index (χ3n) is 5.35. The Morgan fingerprint density at radius 1 is 1.22 bits per heavy atom. The molecule has 32 heavy (non-hydrogen) atoms. The van der Waals surface area contributed by atoms with E-state index in [1.807, 2.05) is 49.4 Å². The van der Waals surface area contributed by atoms with Crippen molar-refractivity contribution in [3.63, 3.8) is 0 Å². The lowest BCUT2D eigenvalue weighted by Crippen LogP contribution is -2.03. The molecule has 0 amide bonds. The van der Waals surface area contributed by atoms with Crippen molar-refractivity contribution in [2.24, 2.45) is 0 Å². The van der Waals surface area contributed by atoms with E-state index in [-0.39, 0.29) is 24.7 Å². The fourth-order valence-electron chi connectivity index (χ4n) is 3.72. The smallest absolute Gasteiger partial charge is 0.211 e. The molecule has 0 bridgehead atoms. The average molecular weight is 450 g/mol. The van der Waals surface area contributed by atoms with Gasteiger partial charge in [0.2, 0.25) is 5.13 Å². The summed E-state index contributed by atoms with van der Waals surface area (Å²) in [7, 11) is 1.65. The number of ether oxygens (including phenoxy) is 1. The molecule has 166 valence electrons. The molecule has 2 heterocycles. The van der Waals surface area contributed by atoms with Gasteiger partial charge in [0.15, 0.2) is 5.78 Å². The number of hydrogen-bond acceptors (Lipinski definition) is 6. The predicted octanol–water partition coefficient (Wildman–Crippen LogP) is 5.54. The first-order valence-corrected chi connectivity index (χ1v) is 11.5. The van der Waals surface area contributed by atoms with Crippen LogP contribution in [0.5, 0.6) is 5.75 Å². The van der Waals surface area contributed by atoms with E-state index in [2.05, 4.69) is 13.8 Å². The molecule has 2 aromatic carbocycles. The highest BCUT2D eigenvalue weighted by Crippen LogP contribution is 2.37. The second kappa shape index (κ2) is 9.22. The summed E-state index contributed by atoms with van der Waals surface area (Å²) in [5.74, 6) is 0.989. The van der Waals surface area contributed by atoms with Crippen LogP contribution in [0.3, 0.4) is 0 Å². The molecule has 0 radical (unpaired) electrons. The van der Waals surface area contributed by atoms with Crippen molar-refractivity contribution < 1.29 is 14.6 Å². The summed E-state index contributed by atoms with van der Waals surface area (Å²) in [6.45, 7) is 6.28. The van der Waals surface area contributed by atoms with Crippen molar-refractivity contribution in [3.8, 4) is 22.1 Å². The van der Waals surface area contributed by atoms with Crippen LogP contribution < -0.4 is 4.74 Å². The predicted molar refractivity (Wildman–Crippen MR) is 128 cm³/mol. The number of aromatic nitrogens is 3. The minimum absolute atomic E-state index is 0.0163. The maximum Gasteiger partial charge on any atom is 0.211 e. The first kappa shape index (κ1) is 22.2. The van der Waals surface area contributed by atoms with Gasteiger partial charge in [-0.3, -0.25) is 4.79 Å². The number of Topliss-reactive ketones (excluding diaryl/α,β-unsaturated/α-hetero) is 1. The fraction of sp³-hybridized carbons (Fsp3) is 0.320. The van der Waals surface area contributed by atoms with E-state index in [9.17, 15) is 4.79 Å². The van der Waals surface area contributed by atoms with Crippen molar-refractivity contribution in [1.29, 1.82) is 0 Å². The number of rotatable bonds is 8. The molecule has 0 spiro atoms. The van der Waals surface area contributed by atoms with Crippen molar-refractivity contribution in [2.75, 3.05) is 13.7 Å². The van der Waals surface area contributed by atoms with E-state index in [0.717, 1.165) is 43.5 Å². The molecular weight excluding hydrogens is 422 g/mol. The van der Waals surface area contributed by atoms with Gasteiger partial charge < -0.3 is 9.84 Å². The molecular formula is C25H27N3O3S. The quantitative estimate of drug-likeness (QED) is 0.357. The maximum absolute atomic E-state index is 12.8. The minimum Gasteiger partial charge on any atom is -0.497 e. The number of fused-ring (bicyclic) bond motifs is 1. The average Bonchev–Trinajstić information content (AvgIpc) is 3.39. The van der Waals surface area contributed by atoms with Crippen LogP contribution in [0.15, 0.2) is 42.5 Å². The van der Waals surface area contributed by atoms with Crippen LogP contribution in [0, 0.1) is 6.92 Å². The lowest BCUT2D eigenvalue weighted by Gasteiger charge is -2.06. The largest absolute Gasteiger partial charge is 0.497 e. The van der Waals surface area contributed by atoms with Crippen molar-refractivity contribution in [3.05, 3.63) is 58.6 Å².